The summed E-state index contributed by atoms with van der Waals surface area (Å²) in [6.07, 6.45) is 1.04. The van der Waals surface area contributed by atoms with Gasteiger partial charge in [0.05, 0.1) is 18.8 Å². The molecule has 2 rings (SSSR count). The molecule has 1 fully saturated rings. The van der Waals surface area contributed by atoms with Gasteiger partial charge in [0.1, 0.15) is 0 Å². The summed E-state index contributed by atoms with van der Waals surface area (Å²) < 4.78 is 5.96. The van der Waals surface area contributed by atoms with Gasteiger partial charge in [0.15, 0.2) is 0 Å². The van der Waals surface area contributed by atoms with Crippen LogP contribution in [0, 0.1) is 13.8 Å². The lowest BCUT2D eigenvalue weighted by atomic mass is 9.97. The number of aryl methyl sites for hydroxylation is 2. The molecule has 2 unspecified atom stereocenters. The predicted molar refractivity (Wildman–Crippen MR) is 87.2 cm³/mol. The van der Waals surface area contributed by atoms with Crippen LogP contribution < -0.4 is 11.3 Å². The number of nitrogens with two attached hydrogens (primary N) is 1. The molecule has 4 nitrogen and oxygen atoms in total. The van der Waals surface area contributed by atoms with Crippen LogP contribution in [-0.2, 0) is 11.2 Å². The first-order chi connectivity index (χ1) is 9.99. The fourth-order valence-corrected chi connectivity index (χ4v) is 3.15. The first-order valence-electron chi connectivity index (χ1n) is 7.88. The Bertz CT molecular complexity index is 441. The minimum atomic E-state index is 0.145. The molecule has 3 N–H and O–H groups in total. The number of ether oxygens (including phenoxy) is 1. The van der Waals surface area contributed by atoms with E-state index in [0.717, 1.165) is 26.1 Å². The normalized spacial score (nSPS) is 21.7. The lowest BCUT2D eigenvalue weighted by Crippen LogP contribution is -2.56. The number of rotatable bonds is 5. The Morgan fingerprint density at radius 1 is 1.29 bits per heavy atom. The van der Waals surface area contributed by atoms with E-state index in [1.54, 1.807) is 0 Å². The van der Waals surface area contributed by atoms with Crippen molar-refractivity contribution in [3.63, 3.8) is 0 Å². The lowest BCUT2D eigenvalue weighted by Gasteiger charge is -2.38. The maximum absolute atomic E-state index is 5.96. The van der Waals surface area contributed by atoms with E-state index in [9.17, 15) is 0 Å². The highest BCUT2D eigenvalue weighted by molar-refractivity contribution is 5.29. The van der Waals surface area contributed by atoms with Crippen molar-refractivity contribution in [1.29, 1.82) is 0 Å². The standard InChI is InChI=1S/C17H29N3O/c1-12(2)20-5-6-21-17(11-20)16(19-18)10-15-8-13(3)7-14(4)9-15/h7-9,12,16-17,19H,5-6,10-11,18H2,1-4H3. The molecule has 2 atom stereocenters. The average Bonchev–Trinajstić information content (AvgIpc) is 2.44. The summed E-state index contributed by atoms with van der Waals surface area (Å²) in [4.78, 5) is 2.46. The second kappa shape index (κ2) is 7.36. The zero-order valence-electron chi connectivity index (χ0n) is 13.7. The van der Waals surface area contributed by atoms with Crippen LogP contribution in [-0.4, -0.2) is 42.8 Å². The van der Waals surface area contributed by atoms with E-state index in [1.807, 2.05) is 0 Å². The predicted octanol–water partition coefficient (Wildman–Crippen LogP) is 1.79. The molecule has 0 saturated carbocycles. The molecule has 1 aliphatic heterocycles. The zero-order chi connectivity index (χ0) is 15.4. The topological polar surface area (TPSA) is 50.5 Å². The van der Waals surface area contributed by atoms with E-state index < -0.39 is 0 Å². The van der Waals surface area contributed by atoms with Crippen molar-refractivity contribution in [2.24, 2.45) is 5.84 Å². The average molecular weight is 291 g/mol. The largest absolute Gasteiger partial charge is 0.374 e. The van der Waals surface area contributed by atoms with Gasteiger partial charge < -0.3 is 4.74 Å². The maximum atomic E-state index is 5.96. The molecular formula is C17H29N3O. The van der Waals surface area contributed by atoms with Gasteiger partial charge in [-0.15, -0.1) is 0 Å². The monoisotopic (exact) mass is 291 g/mol. The van der Waals surface area contributed by atoms with Crippen LogP contribution >= 0.6 is 0 Å². The molecule has 0 amide bonds. The molecule has 0 radical (unpaired) electrons. The van der Waals surface area contributed by atoms with E-state index in [0.29, 0.717) is 6.04 Å². The van der Waals surface area contributed by atoms with Crippen molar-refractivity contribution in [1.82, 2.24) is 10.3 Å². The smallest absolute Gasteiger partial charge is 0.0872 e. The quantitative estimate of drug-likeness (QED) is 0.641. The van der Waals surface area contributed by atoms with E-state index in [-0.39, 0.29) is 12.1 Å². The van der Waals surface area contributed by atoms with Crippen LogP contribution in [0.1, 0.15) is 30.5 Å². The maximum Gasteiger partial charge on any atom is 0.0872 e. The van der Waals surface area contributed by atoms with E-state index in [2.05, 4.69) is 56.2 Å². The van der Waals surface area contributed by atoms with Crippen molar-refractivity contribution in [3.8, 4) is 0 Å². The third-order valence-corrected chi connectivity index (χ3v) is 4.26. The first kappa shape index (κ1) is 16.4. The van der Waals surface area contributed by atoms with Crippen molar-refractivity contribution < 1.29 is 4.74 Å². The van der Waals surface area contributed by atoms with Gasteiger partial charge in [-0.25, -0.2) is 0 Å². The third-order valence-electron chi connectivity index (χ3n) is 4.26. The highest BCUT2D eigenvalue weighted by atomic mass is 16.5. The van der Waals surface area contributed by atoms with Gasteiger partial charge in [-0.1, -0.05) is 29.3 Å². The van der Waals surface area contributed by atoms with Crippen LogP contribution in [0.15, 0.2) is 18.2 Å². The Balaban J connectivity index is 2.05. The Morgan fingerprint density at radius 2 is 1.95 bits per heavy atom. The number of nitrogens with zero attached hydrogens (tertiary/aromatic N) is 1. The van der Waals surface area contributed by atoms with Crippen molar-refractivity contribution in [2.75, 3.05) is 19.7 Å². The summed E-state index contributed by atoms with van der Waals surface area (Å²) in [6.45, 7) is 11.5. The van der Waals surface area contributed by atoms with E-state index >= 15 is 0 Å². The number of hydrogen-bond donors (Lipinski definition) is 2. The van der Waals surface area contributed by atoms with Gasteiger partial charge in [0.2, 0.25) is 0 Å². The summed E-state index contributed by atoms with van der Waals surface area (Å²) in [6, 6.07) is 7.37. The minimum absolute atomic E-state index is 0.145. The molecular weight excluding hydrogens is 262 g/mol. The van der Waals surface area contributed by atoms with Crippen LogP contribution in [0.3, 0.4) is 0 Å². The lowest BCUT2D eigenvalue weighted by molar-refractivity contribution is -0.0552. The summed E-state index contributed by atoms with van der Waals surface area (Å²) in [5.74, 6) is 5.80. The van der Waals surface area contributed by atoms with Crippen LogP contribution in [0.5, 0.6) is 0 Å². The second-order valence-corrected chi connectivity index (χ2v) is 6.47. The van der Waals surface area contributed by atoms with Gasteiger partial charge >= 0.3 is 0 Å². The summed E-state index contributed by atoms with van der Waals surface area (Å²) in [5.41, 5.74) is 6.89. The second-order valence-electron chi connectivity index (χ2n) is 6.47. The highest BCUT2D eigenvalue weighted by Crippen LogP contribution is 2.16. The van der Waals surface area contributed by atoms with Gasteiger partial charge in [-0.3, -0.25) is 16.2 Å². The highest BCUT2D eigenvalue weighted by Gasteiger charge is 2.28. The Labute approximate surface area is 128 Å². The van der Waals surface area contributed by atoms with Crippen molar-refractivity contribution in [2.45, 2.75) is 52.3 Å². The van der Waals surface area contributed by atoms with Gasteiger partial charge in [-0.05, 0) is 39.7 Å². The van der Waals surface area contributed by atoms with E-state index in [1.165, 1.54) is 16.7 Å². The molecule has 4 heteroatoms. The van der Waals surface area contributed by atoms with Gasteiger partial charge in [0, 0.05) is 19.1 Å². The first-order valence-corrected chi connectivity index (χ1v) is 7.88. The Kier molecular flexibility index (Phi) is 5.76. The van der Waals surface area contributed by atoms with Crippen LogP contribution in [0.25, 0.3) is 0 Å². The van der Waals surface area contributed by atoms with Gasteiger partial charge in [-0.2, -0.15) is 0 Å². The van der Waals surface area contributed by atoms with Gasteiger partial charge in [0.25, 0.3) is 0 Å². The molecule has 1 saturated heterocycles. The zero-order valence-corrected chi connectivity index (χ0v) is 13.7. The summed E-state index contributed by atoms with van der Waals surface area (Å²) >= 11 is 0. The molecule has 0 aliphatic carbocycles. The summed E-state index contributed by atoms with van der Waals surface area (Å²) in [7, 11) is 0. The Morgan fingerprint density at radius 3 is 2.52 bits per heavy atom. The van der Waals surface area contributed by atoms with Crippen LogP contribution in [0.4, 0.5) is 0 Å². The summed E-state index contributed by atoms with van der Waals surface area (Å²) in [5, 5.41) is 0. The third kappa shape index (κ3) is 4.51. The molecule has 0 bridgehead atoms. The van der Waals surface area contributed by atoms with E-state index in [4.69, 9.17) is 10.6 Å². The number of morpholine rings is 1. The minimum Gasteiger partial charge on any atom is -0.374 e. The molecule has 1 aliphatic rings. The van der Waals surface area contributed by atoms with Crippen molar-refractivity contribution in [3.05, 3.63) is 34.9 Å². The molecule has 0 spiro atoms. The molecule has 118 valence electrons. The molecule has 1 aromatic rings. The SMILES string of the molecule is Cc1cc(C)cc(CC(NN)C2CN(C(C)C)CCO2)c1. The fraction of sp³-hybridized carbons (Fsp3) is 0.647. The number of hydrogen-bond acceptors (Lipinski definition) is 4. The van der Waals surface area contributed by atoms with Crippen LogP contribution in [0.2, 0.25) is 0 Å². The molecule has 1 heterocycles. The number of benzene rings is 1. The molecule has 21 heavy (non-hydrogen) atoms. The Hall–Kier alpha value is -0.940. The molecule has 0 aromatic heterocycles. The fourth-order valence-electron chi connectivity index (χ4n) is 3.15. The number of nitrogens with one attached hydrogen (secondary N) is 1. The number of hydrazine groups is 1. The molecule has 1 aromatic carbocycles. The van der Waals surface area contributed by atoms with Crippen molar-refractivity contribution >= 4 is 0 Å².